The van der Waals surface area contributed by atoms with Crippen LogP contribution in [0.25, 0.3) is 21.9 Å². The summed E-state index contributed by atoms with van der Waals surface area (Å²) in [5, 5.41) is 3.09. The van der Waals surface area contributed by atoms with Gasteiger partial charge in [-0.3, -0.25) is 0 Å². The van der Waals surface area contributed by atoms with Crippen LogP contribution in [0.5, 0.6) is 0 Å². The minimum absolute atomic E-state index is 0.537. The van der Waals surface area contributed by atoms with Crippen molar-refractivity contribution in [2.24, 2.45) is 0 Å². The van der Waals surface area contributed by atoms with Crippen molar-refractivity contribution >= 4 is 61.1 Å². The first kappa shape index (κ1) is 10.5. The van der Waals surface area contributed by atoms with Gasteiger partial charge in [0.2, 0.25) is 0 Å². The van der Waals surface area contributed by atoms with Crippen LogP contribution in [-0.4, -0.2) is 0 Å². The first-order valence-corrected chi connectivity index (χ1v) is 6.17. The van der Waals surface area contributed by atoms with Crippen LogP contribution in [0.4, 0.5) is 0 Å². The van der Waals surface area contributed by atoms with Crippen LogP contribution in [0.3, 0.4) is 0 Å². The highest BCUT2D eigenvalue weighted by atomic mass is 79.9. The number of halogens is 3. The van der Waals surface area contributed by atoms with Gasteiger partial charge in [0.15, 0.2) is 5.58 Å². The van der Waals surface area contributed by atoms with Crippen LogP contribution in [0.15, 0.2) is 39.2 Å². The molecule has 16 heavy (non-hydrogen) atoms. The topological polar surface area (TPSA) is 13.1 Å². The van der Waals surface area contributed by atoms with Crippen molar-refractivity contribution in [1.29, 1.82) is 0 Å². The Bertz CT molecular complexity index is 703. The van der Waals surface area contributed by atoms with Crippen LogP contribution in [-0.2, 0) is 0 Å². The van der Waals surface area contributed by atoms with E-state index < -0.39 is 0 Å². The first-order chi connectivity index (χ1) is 7.65. The second kappa shape index (κ2) is 3.66. The number of hydrogen-bond acceptors (Lipinski definition) is 1. The Labute approximate surface area is 110 Å². The van der Waals surface area contributed by atoms with E-state index in [1.165, 1.54) is 0 Å². The lowest BCUT2D eigenvalue weighted by atomic mass is 10.1. The minimum atomic E-state index is 0.537. The molecule has 0 N–H and O–H groups in total. The highest BCUT2D eigenvalue weighted by molar-refractivity contribution is 9.10. The Morgan fingerprint density at radius 3 is 2.62 bits per heavy atom. The molecule has 0 saturated carbocycles. The van der Waals surface area contributed by atoms with Crippen LogP contribution >= 0.6 is 39.1 Å². The van der Waals surface area contributed by atoms with E-state index >= 15 is 0 Å². The lowest BCUT2D eigenvalue weighted by Gasteiger charge is -1.94. The highest BCUT2D eigenvalue weighted by Crippen LogP contribution is 2.36. The summed E-state index contributed by atoms with van der Waals surface area (Å²) in [7, 11) is 0. The normalized spacial score (nSPS) is 11.4. The molecule has 0 saturated heterocycles. The van der Waals surface area contributed by atoms with Gasteiger partial charge >= 0.3 is 0 Å². The molecule has 1 aromatic heterocycles. The van der Waals surface area contributed by atoms with E-state index in [1.54, 1.807) is 6.07 Å². The molecule has 0 fully saturated rings. The van der Waals surface area contributed by atoms with Gasteiger partial charge in [-0.15, -0.1) is 0 Å². The van der Waals surface area contributed by atoms with E-state index in [0.717, 1.165) is 20.8 Å². The summed E-state index contributed by atoms with van der Waals surface area (Å²) in [5.74, 6) is 0. The molecule has 0 bridgehead atoms. The molecule has 0 unspecified atom stereocenters. The van der Waals surface area contributed by atoms with Crippen molar-refractivity contribution in [2.45, 2.75) is 0 Å². The summed E-state index contributed by atoms with van der Waals surface area (Å²) < 4.78 is 6.68. The summed E-state index contributed by atoms with van der Waals surface area (Å²) in [6.07, 6.45) is 0. The number of fused-ring (bicyclic) bond motifs is 3. The van der Waals surface area contributed by atoms with E-state index in [4.69, 9.17) is 27.6 Å². The van der Waals surface area contributed by atoms with Gasteiger partial charge < -0.3 is 4.42 Å². The van der Waals surface area contributed by atoms with E-state index in [1.807, 2.05) is 24.3 Å². The smallest absolute Gasteiger partial charge is 0.154 e. The SMILES string of the molecule is Clc1cc(Cl)c2oc3ccc(Br)cc3c2c1. The van der Waals surface area contributed by atoms with Gasteiger partial charge in [0.1, 0.15) is 5.58 Å². The summed E-state index contributed by atoms with van der Waals surface area (Å²) in [4.78, 5) is 0. The van der Waals surface area contributed by atoms with Crippen LogP contribution < -0.4 is 0 Å². The van der Waals surface area contributed by atoms with Crippen molar-refractivity contribution in [3.8, 4) is 0 Å². The van der Waals surface area contributed by atoms with Gasteiger partial charge in [-0.05, 0) is 30.3 Å². The second-order valence-corrected chi connectivity index (χ2v) is 5.27. The molecule has 1 nitrogen and oxygen atoms in total. The molecule has 0 radical (unpaired) electrons. The zero-order valence-corrected chi connectivity index (χ0v) is 11.0. The van der Waals surface area contributed by atoms with E-state index in [-0.39, 0.29) is 0 Å². The zero-order valence-electron chi connectivity index (χ0n) is 7.93. The Kier molecular flexibility index (Phi) is 2.39. The molecule has 0 spiro atoms. The Hall–Kier alpha value is -0.700. The van der Waals surface area contributed by atoms with Crippen molar-refractivity contribution in [2.75, 3.05) is 0 Å². The number of benzene rings is 2. The highest BCUT2D eigenvalue weighted by Gasteiger charge is 2.11. The monoisotopic (exact) mass is 314 g/mol. The molecule has 1 heterocycles. The molecule has 2 aromatic carbocycles. The molecule has 0 aliphatic heterocycles. The van der Waals surface area contributed by atoms with Crippen LogP contribution in [0.1, 0.15) is 0 Å². The summed E-state index contributed by atoms with van der Waals surface area (Å²) in [6, 6.07) is 9.38. The van der Waals surface area contributed by atoms with Crippen LogP contribution in [0, 0.1) is 0 Å². The largest absolute Gasteiger partial charge is 0.454 e. The number of rotatable bonds is 0. The minimum Gasteiger partial charge on any atom is -0.454 e. The first-order valence-electron chi connectivity index (χ1n) is 4.62. The predicted octanol–water partition coefficient (Wildman–Crippen LogP) is 5.66. The van der Waals surface area contributed by atoms with Gasteiger partial charge in [-0.2, -0.15) is 0 Å². The third-order valence-electron chi connectivity index (χ3n) is 2.45. The average Bonchev–Trinajstić information content (AvgIpc) is 2.57. The Morgan fingerprint density at radius 1 is 1.00 bits per heavy atom. The van der Waals surface area contributed by atoms with Gasteiger partial charge in [0, 0.05) is 20.3 Å². The maximum Gasteiger partial charge on any atom is 0.154 e. The maximum atomic E-state index is 6.08. The Morgan fingerprint density at radius 2 is 1.81 bits per heavy atom. The molecule has 4 heteroatoms. The third kappa shape index (κ3) is 1.53. The van der Waals surface area contributed by atoms with Crippen LogP contribution in [0.2, 0.25) is 10.0 Å². The molecular weight excluding hydrogens is 311 g/mol. The Balaban J connectivity index is 2.57. The van der Waals surface area contributed by atoms with Gasteiger partial charge in [0.25, 0.3) is 0 Å². The molecule has 3 aromatic rings. The van der Waals surface area contributed by atoms with Crippen molar-refractivity contribution in [3.05, 3.63) is 44.8 Å². The van der Waals surface area contributed by atoms with Gasteiger partial charge in [-0.25, -0.2) is 0 Å². The van der Waals surface area contributed by atoms with E-state index in [0.29, 0.717) is 15.6 Å². The average molecular weight is 316 g/mol. The van der Waals surface area contributed by atoms with E-state index in [2.05, 4.69) is 15.9 Å². The fourth-order valence-corrected chi connectivity index (χ4v) is 2.67. The quantitative estimate of drug-likeness (QED) is 0.522. The van der Waals surface area contributed by atoms with Crippen molar-refractivity contribution < 1.29 is 4.42 Å². The maximum absolute atomic E-state index is 6.08. The molecule has 80 valence electrons. The molecule has 0 atom stereocenters. The summed E-state index contributed by atoms with van der Waals surface area (Å²) in [5.41, 5.74) is 1.49. The number of hydrogen-bond donors (Lipinski definition) is 0. The fourth-order valence-electron chi connectivity index (χ4n) is 1.78. The molecule has 0 amide bonds. The summed E-state index contributed by atoms with van der Waals surface area (Å²) in [6.45, 7) is 0. The molecule has 0 aliphatic rings. The lowest BCUT2D eigenvalue weighted by Crippen LogP contribution is -1.70. The number of furan rings is 1. The van der Waals surface area contributed by atoms with Gasteiger partial charge in [-0.1, -0.05) is 39.1 Å². The molecule has 3 rings (SSSR count). The fraction of sp³-hybridized carbons (Fsp3) is 0. The van der Waals surface area contributed by atoms with Crippen molar-refractivity contribution in [3.63, 3.8) is 0 Å². The summed E-state index contributed by atoms with van der Waals surface area (Å²) >= 11 is 15.5. The standard InChI is InChI=1S/C12H5BrCl2O/c13-6-1-2-11-8(3-6)9-4-7(14)5-10(15)12(9)16-11/h1-5H. The predicted molar refractivity (Wildman–Crippen MR) is 71.4 cm³/mol. The molecule has 0 aliphatic carbocycles. The van der Waals surface area contributed by atoms with Crippen molar-refractivity contribution in [1.82, 2.24) is 0 Å². The molecular formula is C12H5BrCl2O. The second-order valence-electron chi connectivity index (χ2n) is 3.51. The van der Waals surface area contributed by atoms with E-state index in [9.17, 15) is 0 Å². The van der Waals surface area contributed by atoms with Gasteiger partial charge in [0.05, 0.1) is 5.02 Å². The lowest BCUT2D eigenvalue weighted by molar-refractivity contribution is 0.669. The zero-order chi connectivity index (χ0) is 11.3. The third-order valence-corrected chi connectivity index (χ3v) is 3.44.